The summed E-state index contributed by atoms with van der Waals surface area (Å²) in [6.07, 6.45) is 5.34. The first-order chi connectivity index (χ1) is 10.5. The number of sulfone groups is 1. The fraction of sp³-hybridized carbons (Fsp3) is 0.600. The van der Waals surface area contributed by atoms with E-state index in [-0.39, 0.29) is 23.5 Å². The molecule has 1 saturated heterocycles. The number of amides is 1. The van der Waals surface area contributed by atoms with Crippen LogP contribution < -0.4 is 5.32 Å². The highest BCUT2D eigenvalue weighted by molar-refractivity contribution is 7.91. The summed E-state index contributed by atoms with van der Waals surface area (Å²) < 4.78 is 22.7. The molecule has 6 nitrogen and oxygen atoms in total. The Balaban J connectivity index is 1.64. The van der Waals surface area contributed by atoms with Crippen LogP contribution in [0, 0.1) is 0 Å². The van der Waals surface area contributed by atoms with Gasteiger partial charge in [-0.3, -0.25) is 9.78 Å². The van der Waals surface area contributed by atoms with E-state index in [9.17, 15) is 13.2 Å². The maximum absolute atomic E-state index is 12.0. The third kappa shape index (κ3) is 5.38. The third-order valence-electron chi connectivity index (χ3n) is 3.92. The molecule has 0 bridgehead atoms. The Bertz CT molecular complexity index is 589. The van der Waals surface area contributed by atoms with Crippen molar-refractivity contribution in [2.24, 2.45) is 0 Å². The van der Waals surface area contributed by atoms with Crippen molar-refractivity contribution < 1.29 is 13.2 Å². The van der Waals surface area contributed by atoms with Crippen LogP contribution in [-0.4, -0.2) is 61.9 Å². The van der Waals surface area contributed by atoms with Gasteiger partial charge in [0, 0.05) is 45.0 Å². The van der Waals surface area contributed by atoms with E-state index in [2.05, 4.69) is 10.3 Å². The molecule has 0 spiro atoms. The highest BCUT2D eigenvalue weighted by atomic mass is 32.2. The quantitative estimate of drug-likeness (QED) is 0.777. The molecule has 1 unspecified atom stereocenters. The van der Waals surface area contributed by atoms with Gasteiger partial charge in [-0.25, -0.2) is 8.42 Å². The van der Waals surface area contributed by atoms with Gasteiger partial charge in [0.1, 0.15) is 0 Å². The number of pyridine rings is 1. The highest BCUT2D eigenvalue weighted by Crippen LogP contribution is 2.11. The molecular weight excluding hydrogens is 302 g/mol. The Labute approximate surface area is 131 Å². The van der Waals surface area contributed by atoms with Gasteiger partial charge in [-0.05, 0) is 30.5 Å². The number of nitrogens with zero attached hydrogens (tertiary/aromatic N) is 2. The van der Waals surface area contributed by atoms with Crippen molar-refractivity contribution in [2.45, 2.75) is 25.3 Å². The monoisotopic (exact) mass is 325 g/mol. The molecule has 122 valence electrons. The van der Waals surface area contributed by atoms with Gasteiger partial charge in [-0.2, -0.15) is 0 Å². The molecule has 1 aromatic heterocycles. The average molecular weight is 325 g/mol. The van der Waals surface area contributed by atoms with Crippen molar-refractivity contribution in [1.29, 1.82) is 0 Å². The molecule has 0 radical (unpaired) electrons. The van der Waals surface area contributed by atoms with Gasteiger partial charge in [-0.15, -0.1) is 0 Å². The van der Waals surface area contributed by atoms with Crippen LogP contribution in [0.5, 0.6) is 0 Å². The highest BCUT2D eigenvalue weighted by Gasteiger charge is 2.27. The van der Waals surface area contributed by atoms with Crippen molar-refractivity contribution >= 4 is 15.7 Å². The fourth-order valence-corrected chi connectivity index (χ4v) is 4.21. The SMILES string of the molecule is CN(CCc1ccncc1)C(=O)CCNC1CCS(=O)(=O)C1. The Morgan fingerprint density at radius 1 is 1.41 bits per heavy atom. The van der Waals surface area contributed by atoms with Crippen molar-refractivity contribution in [3.05, 3.63) is 30.1 Å². The van der Waals surface area contributed by atoms with E-state index < -0.39 is 9.84 Å². The van der Waals surface area contributed by atoms with Crippen LogP contribution in [0.2, 0.25) is 0 Å². The molecule has 1 atom stereocenters. The minimum atomic E-state index is -2.86. The first-order valence-electron chi connectivity index (χ1n) is 7.53. The van der Waals surface area contributed by atoms with Gasteiger partial charge in [0.25, 0.3) is 0 Å². The van der Waals surface area contributed by atoms with E-state index in [1.165, 1.54) is 0 Å². The molecule has 22 heavy (non-hydrogen) atoms. The summed E-state index contributed by atoms with van der Waals surface area (Å²) in [7, 11) is -1.07. The van der Waals surface area contributed by atoms with Crippen LogP contribution in [-0.2, 0) is 21.1 Å². The summed E-state index contributed by atoms with van der Waals surface area (Å²) in [6.45, 7) is 1.19. The molecule has 0 aromatic carbocycles. The van der Waals surface area contributed by atoms with E-state index in [4.69, 9.17) is 0 Å². The first kappa shape index (κ1) is 16.9. The molecule has 1 aliphatic heterocycles. The molecule has 0 aliphatic carbocycles. The van der Waals surface area contributed by atoms with E-state index in [1.54, 1.807) is 24.3 Å². The Hall–Kier alpha value is -1.47. The van der Waals surface area contributed by atoms with Crippen molar-refractivity contribution in [3.63, 3.8) is 0 Å². The van der Waals surface area contributed by atoms with Crippen LogP contribution >= 0.6 is 0 Å². The predicted molar refractivity (Wildman–Crippen MR) is 85.3 cm³/mol. The number of hydrogen-bond donors (Lipinski definition) is 1. The summed E-state index contributed by atoms with van der Waals surface area (Å²) in [4.78, 5) is 17.7. The molecule has 1 aliphatic rings. The number of carbonyl (C=O) groups is 1. The first-order valence-corrected chi connectivity index (χ1v) is 9.35. The Kier molecular flexibility index (Phi) is 5.90. The molecule has 0 saturated carbocycles. The van der Waals surface area contributed by atoms with E-state index in [0.717, 1.165) is 12.0 Å². The molecular formula is C15H23N3O3S. The lowest BCUT2D eigenvalue weighted by molar-refractivity contribution is -0.129. The average Bonchev–Trinajstić information content (AvgIpc) is 2.85. The second-order valence-corrected chi connectivity index (χ2v) is 7.95. The predicted octanol–water partition coefficient (Wildman–Crippen LogP) is 0.249. The number of carbonyl (C=O) groups excluding carboxylic acids is 1. The van der Waals surface area contributed by atoms with Gasteiger partial charge >= 0.3 is 0 Å². The van der Waals surface area contributed by atoms with E-state index >= 15 is 0 Å². The van der Waals surface area contributed by atoms with Crippen LogP contribution in [0.1, 0.15) is 18.4 Å². The van der Waals surface area contributed by atoms with Gasteiger partial charge < -0.3 is 10.2 Å². The molecule has 1 fully saturated rings. The Morgan fingerprint density at radius 3 is 2.77 bits per heavy atom. The van der Waals surface area contributed by atoms with Crippen LogP contribution in [0.3, 0.4) is 0 Å². The van der Waals surface area contributed by atoms with Gasteiger partial charge in [0.05, 0.1) is 11.5 Å². The van der Waals surface area contributed by atoms with Gasteiger partial charge in [0.2, 0.25) is 5.91 Å². The van der Waals surface area contributed by atoms with Crippen LogP contribution in [0.15, 0.2) is 24.5 Å². The summed E-state index contributed by atoms with van der Waals surface area (Å²) in [6, 6.07) is 3.89. The van der Waals surface area contributed by atoms with Crippen LogP contribution in [0.4, 0.5) is 0 Å². The minimum Gasteiger partial charge on any atom is -0.345 e. The van der Waals surface area contributed by atoms with Gasteiger partial charge in [0.15, 0.2) is 9.84 Å². The number of likely N-dealkylation sites (N-methyl/N-ethyl adjacent to an activating group) is 1. The molecule has 1 amide bonds. The van der Waals surface area contributed by atoms with Crippen LogP contribution in [0.25, 0.3) is 0 Å². The zero-order valence-electron chi connectivity index (χ0n) is 12.9. The molecule has 2 rings (SSSR count). The standard InChI is InChI=1S/C15H23N3O3S/c1-18(10-5-13-2-7-16-8-3-13)15(19)4-9-17-14-6-11-22(20,21)12-14/h2-3,7-8,14,17H,4-6,9-12H2,1H3. The number of hydrogen-bond acceptors (Lipinski definition) is 5. The summed E-state index contributed by atoms with van der Waals surface area (Å²) in [5, 5.41) is 3.16. The number of aromatic nitrogens is 1. The zero-order chi connectivity index (χ0) is 16.0. The van der Waals surface area contributed by atoms with E-state index in [0.29, 0.717) is 25.9 Å². The Morgan fingerprint density at radius 2 is 2.14 bits per heavy atom. The normalized spacial score (nSPS) is 20.0. The third-order valence-corrected chi connectivity index (χ3v) is 5.68. The lowest BCUT2D eigenvalue weighted by Gasteiger charge is -2.18. The summed E-state index contributed by atoms with van der Waals surface area (Å²) >= 11 is 0. The smallest absolute Gasteiger partial charge is 0.223 e. The zero-order valence-corrected chi connectivity index (χ0v) is 13.7. The summed E-state index contributed by atoms with van der Waals surface area (Å²) in [5.74, 6) is 0.520. The second-order valence-electron chi connectivity index (χ2n) is 5.72. The molecule has 1 N–H and O–H groups in total. The van der Waals surface area contributed by atoms with Crippen molar-refractivity contribution in [1.82, 2.24) is 15.2 Å². The van der Waals surface area contributed by atoms with Crippen molar-refractivity contribution in [2.75, 3.05) is 31.6 Å². The minimum absolute atomic E-state index is 0.0000696. The lowest BCUT2D eigenvalue weighted by Crippen LogP contribution is -2.35. The molecule has 1 aromatic rings. The largest absolute Gasteiger partial charge is 0.345 e. The lowest BCUT2D eigenvalue weighted by atomic mass is 10.2. The second kappa shape index (κ2) is 7.69. The number of rotatable bonds is 7. The fourth-order valence-electron chi connectivity index (χ4n) is 2.50. The maximum Gasteiger partial charge on any atom is 0.223 e. The summed E-state index contributed by atoms with van der Waals surface area (Å²) in [5.41, 5.74) is 1.16. The number of nitrogens with one attached hydrogen (secondary N) is 1. The van der Waals surface area contributed by atoms with E-state index in [1.807, 2.05) is 12.1 Å². The topological polar surface area (TPSA) is 79.4 Å². The maximum atomic E-state index is 12.0. The molecule has 2 heterocycles. The van der Waals surface area contributed by atoms with Crippen molar-refractivity contribution in [3.8, 4) is 0 Å². The van der Waals surface area contributed by atoms with Gasteiger partial charge in [-0.1, -0.05) is 0 Å². The molecule has 7 heteroatoms.